The summed E-state index contributed by atoms with van der Waals surface area (Å²) in [6, 6.07) is 8.42. The highest BCUT2D eigenvalue weighted by Crippen LogP contribution is 2.33. The van der Waals surface area contributed by atoms with Crippen molar-refractivity contribution in [3.63, 3.8) is 0 Å². The number of methoxy groups -OCH3 is 1. The molecule has 2 aliphatic rings. The lowest BCUT2D eigenvalue weighted by Crippen LogP contribution is -2.47. The van der Waals surface area contributed by atoms with Crippen LogP contribution < -0.4 is 10.1 Å². The van der Waals surface area contributed by atoms with E-state index in [0.29, 0.717) is 12.5 Å². The first-order valence-corrected chi connectivity index (χ1v) is 8.04. The Bertz CT molecular complexity index is 506. The Balaban J connectivity index is 1.54. The normalized spacial score (nSPS) is 22.6. The maximum absolute atomic E-state index is 12.3. The van der Waals surface area contributed by atoms with Gasteiger partial charge in [0, 0.05) is 19.7 Å². The quantitative estimate of drug-likeness (QED) is 0.933. The van der Waals surface area contributed by atoms with Crippen LogP contribution in [0.4, 0.5) is 4.79 Å². The number of benzene rings is 1. The number of nitrogens with one attached hydrogen (secondary N) is 1. The molecule has 0 radical (unpaired) electrons. The summed E-state index contributed by atoms with van der Waals surface area (Å²) in [5.41, 5.74) is 1.26. The SMILES string of the molecule is COc1ccccc1C1CCN(C(=O)NC2CCOC2)CC1. The molecular formula is C17H24N2O3. The van der Waals surface area contributed by atoms with Crippen molar-refractivity contribution in [1.82, 2.24) is 10.2 Å². The molecule has 1 atom stereocenters. The van der Waals surface area contributed by atoms with Crippen LogP contribution in [0.3, 0.4) is 0 Å². The Hall–Kier alpha value is -1.75. The zero-order valence-corrected chi connectivity index (χ0v) is 13.1. The second-order valence-electron chi connectivity index (χ2n) is 6.01. The van der Waals surface area contributed by atoms with Crippen LogP contribution in [0.15, 0.2) is 24.3 Å². The summed E-state index contributed by atoms with van der Waals surface area (Å²) in [6.07, 6.45) is 2.88. The molecule has 3 rings (SSSR count). The summed E-state index contributed by atoms with van der Waals surface area (Å²) in [4.78, 5) is 14.2. The van der Waals surface area contributed by atoms with Gasteiger partial charge in [-0.05, 0) is 36.8 Å². The monoisotopic (exact) mass is 304 g/mol. The number of rotatable bonds is 3. The van der Waals surface area contributed by atoms with Crippen LogP contribution in [0.25, 0.3) is 0 Å². The van der Waals surface area contributed by atoms with Crippen molar-refractivity contribution in [2.45, 2.75) is 31.2 Å². The molecule has 0 aromatic heterocycles. The Morgan fingerprint density at radius 1 is 1.27 bits per heavy atom. The molecular weight excluding hydrogens is 280 g/mol. The van der Waals surface area contributed by atoms with Crippen LogP contribution in [-0.4, -0.2) is 50.4 Å². The third-order valence-electron chi connectivity index (χ3n) is 4.62. The zero-order chi connectivity index (χ0) is 15.4. The third-order valence-corrected chi connectivity index (χ3v) is 4.62. The van der Waals surface area contributed by atoms with E-state index in [1.54, 1.807) is 7.11 Å². The highest BCUT2D eigenvalue weighted by atomic mass is 16.5. The number of hydrogen-bond donors (Lipinski definition) is 1. The average Bonchev–Trinajstić information content (AvgIpc) is 3.08. The van der Waals surface area contributed by atoms with Crippen molar-refractivity contribution in [1.29, 1.82) is 0 Å². The summed E-state index contributed by atoms with van der Waals surface area (Å²) >= 11 is 0. The van der Waals surface area contributed by atoms with Crippen LogP contribution in [0.5, 0.6) is 5.75 Å². The lowest BCUT2D eigenvalue weighted by Gasteiger charge is -2.33. The molecule has 5 nitrogen and oxygen atoms in total. The minimum Gasteiger partial charge on any atom is -0.496 e. The molecule has 2 heterocycles. The number of para-hydroxylation sites is 1. The van der Waals surface area contributed by atoms with Gasteiger partial charge in [-0.3, -0.25) is 0 Å². The Kier molecular flexibility index (Phi) is 4.83. The standard InChI is InChI=1S/C17H24N2O3/c1-21-16-5-3-2-4-15(16)13-6-9-19(10-7-13)17(20)18-14-8-11-22-12-14/h2-5,13-14H,6-12H2,1H3,(H,18,20). The van der Waals surface area contributed by atoms with Crippen molar-refractivity contribution in [3.05, 3.63) is 29.8 Å². The van der Waals surface area contributed by atoms with E-state index < -0.39 is 0 Å². The van der Waals surface area contributed by atoms with E-state index in [1.807, 2.05) is 17.0 Å². The number of urea groups is 1. The van der Waals surface area contributed by atoms with Crippen LogP contribution in [0, 0.1) is 0 Å². The van der Waals surface area contributed by atoms with E-state index in [9.17, 15) is 4.79 Å². The van der Waals surface area contributed by atoms with Gasteiger partial charge < -0.3 is 19.7 Å². The highest BCUT2D eigenvalue weighted by Gasteiger charge is 2.27. The van der Waals surface area contributed by atoms with Gasteiger partial charge in [0.2, 0.25) is 0 Å². The van der Waals surface area contributed by atoms with Crippen LogP contribution in [0.2, 0.25) is 0 Å². The van der Waals surface area contributed by atoms with E-state index >= 15 is 0 Å². The molecule has 1 N–H and O–H groups in total. The first kappa shape index (κ1) is 15.2. The molecule has 0 bridgehead atoms. The molecule has 2 amide bonds. The van der Waals surface area contributed by atoms with Gasteiger partial charge in [-0.15, -0.1) is 0 Å². The summed E-state index contributed by atoms with van der Waals surface area (Å²) in [7, 11) is 1.71. The number of carbonyl (C=O) groups excluding carboxylic acids is 1. The Labute approximate surface area is 131 Å². The number of carbonyl (C=O) groups is 1. The van der Waals surface area contributed by atoms with Crippen molar-refractivity contribution < 1.29 is 14.3 Å². The average molecular weight is 304 g/mol. The van der Waals surface area contributed by atoms with Gasteiger partial charge in [-0.1, -0.05) is 18.2 Å². The number of ether oxygens (including phenoxy) is 2. The predicted octanol–water partition coefficient (Wildman–Crippen LogP) is 2.37. The maximum atomic E-state index is 12.3. The molecule has 0 aliphatic carbocycles. The van der Waals surface area contributed by atoms with E-state index in [2.05, 4.69) is 17.4 Å². The van der Waals surface area contributed by atoms with Crippen molar-refractivity contribution in [2.75, 3.05) is 33.4 Å². The van der Waals surface area contributed by atoms with Gasteiger partial charge in [0.15, 0.2) is 0 Å². The number of likely N-dealkylation sites (tertiary alicyclic amines) is 1. The molecule has 2 saturated heterocycles. The molecule has 2 fully saturated rings. The van der Waals surface area contributed by atoms with Gasteiger partial charge in [-0.25, -0.2) is 4.79 Å². The van der Waals surface area contributed by atoms with Crippen molar-refractivity contribution >= 4 is 6.03 Å². The first-order valence-electron chi connectivity index (χ1n) is 8.04. The fourth-order valence-electron chi connectivity index (χ4n) is 3.31. The van der Waals surface area contributed by atoms with E-state index in [0.717, 1.165) is 44.7 Å². The van der Waals surface area contributed by atoms with Gasteiger partial charge in [0.1, 0.15) is 5.75 Å². The van der Waals surface area contributed by atoms with Gasteiger partial charge in [0.25, 0.3) is 0 Å². The number of amides is 2. The van der Waals surface area contributed by atoms with Crippen LogP contribution in [0.1, 0.15) is 30.7 Å². The minimum atomic E-state index is 0.0500. The smallest absolute Gasteiger partial charge is 0.317 e. The third kappa shape index (κ3) is 3.35. The zero-order valence-electron chi connectivity index (χ0n) is 13.1. The number of hydrogen-bond acceptors (Lipinski definition) is 3. The molecule has 22 heavy (non-hydrogen) atoms. The van der Waals surface area contributed by atoms with Gasteiger partial charge in [-0.2, -0.15) is 0 Å². The van der Waals surface area contributed by atoms with Crippen LogP contribution in [-0.2, 0) is 4.74 Å². The van der Waals surface area contributed by atoms with Gasteiger partial charge >= 0.3 is 6.03 Å². The van der Waals surface area contributed by atoms with Crippen molar-refractivity contribution in [3.8, 4) is 5.75 Å². The maximum Gasteiger partial charge on any atom is 0.317 e. The lowest BCUT2D eigenvalue weighted by molar-refractivity contribution is 0.168. The summed E-state index contributed by atoms with van der Waals surface area (Å²) in [5, 5.41) is 3.06. The summed E-state index contributed by atoms with van der Waals surface area (Å²) in [5.74, 6) is 1.42. The molecule has 2 aliphatic heterocycles. The molecule has 1 aromatic rings. The molecule has 1 aromatic carbocycles. The lowest BCUT2D eigenvalue weighted by atomic mass is 9.89. The van der Waals surface area contributed by atoms with Crippen molar-refractivity contribution in [2.24, 2.45) is 0 Å². The molecule has 5 heteroatoms. The fourth-order valence-corrected chi connectivity index (χ4v) is 3.31. The fraction of sp³-hybridized carbons (Fsp3) is 0.588. The first-order chi connectivity index (χ1) is 10.8. The molecule has 1 unspecified atom stereocenters. The summed E-state index contributed by atoms with van der Waals surface area (Å²) in [6.45, 7) is 2.98. The van der Waals surface area contributed by atoms with E-state index in [4.69, 9.17) is 9.47 Å². The topological polar surface area (TPSA) is 50.8 Å². The molecule has 120 valence electrons. The largest absolute Gasteiger partial charge is 0.496 e. The highest BCUT2D eigenvalue weighted by molar-refractivity contribution is 5.74. The second-order valence-corrected chi connectivity index (χ2v) is 6.01. The molecule has 0 saturated carbocycles. The number of piperidine rings is 1. The predicted molar refractivity (Wildman–Crippen MR) is 84.3 cm³/mol. The molecule has 0 spiro atoms. The Morgan fingerprint density at radius 2 is 2.05 bits per heavy atom. The number of nitrogens with zero attached hydrogens (tertiary/aromatic N) is 1. The summed E-state index contributed by atoms with van der Waals surface area (Å²) < 4.78 is 10.8. The van der Waals surface area contributed by atoms with Gasteiger partial charge in [0.05, 0.1) is 19.8 Å². The second kappa shape index (κ2) is 7.01. The van der Waals surface area contributed by atoms with E-state index in [1.165, 1.54) is 5.56 Å². The Morgan fingerprint density at radius 3 is 2.73 bits per heavy atom. The minimum absolute atomic E-state index is 0.0500. The van der Waals surface area contributed by atoms with E-state index in [-0.39, 0.29) is 12.1 Å². The van der Waals surface area contributed by atoms with Crippen LogP contribution >= 0.6 is 0 Å².